The van der Waals surface area contributed by atoms with E-state index < -0.39 is 16.0 Å². The highest BCUT2D eigenvalue weighted by molar-refractivity contribution is 7.99. The van der Waals surface area contributed by atoms with Crippen LogP contribution in [0.15, 0.2) is 23.1 Å². The number of carbonyl (C=O) groups is 1. The molecule has 7 nitrogen and oxygen atoms in total. The first-order chi connectivity index (χ1) is 9.88. The molecule has 21 heavy (non-hydrogen) atoms. The second-order valence-electron chi connectivity index (χ2n) is 4.15. The molecular formula is C12H18N2O5S2. The van der Waals surface area contributed by atoms with Crippen molar-refractivity contribution in [2.45, 2.75) is 11.3 Å². The second-order valence-corrected chi connectivity index (χ2v) is 7.11. The van der Waals surface area contributed by atoms with Crippen molar-refractivity contribution in [3.63, 3.8) is 0 Å². The Morgan fingerprint density at radius 3 is 2.67 bits per heavy atom. The molecule has 0 aliphatic carbocycles. The van der Waals surface area contributed by atoms with Gasteiger partial charge in [0.15, 0.2) is 0 Å². The van der Waals surface area contributed by atoms with Gasteiger partial charge in [-0.2, -0.15) is 11.8 Å². The van der Waals surface area contributed by atoms with Crippen LogP contribution in [0, 0.1) is 0 Å². The number of hydrogen-bond donors (Lipinski definition) is 4. The topological polar surface area (TPSA) is 130 Å². The van der Waals surface area contributed by atoms with Crippen LogP contribution in [0.5, 0.6) is 0 Å². The summed E-state index contributed by atoms with van der Waals surface area (Å²) in [5.41, 5.74) is 5.38. The van der Waals surface area contributed by atoms with Crippen molar-refractivity contribution >= 4 is 33.4 Å². The smallest absolute Gasteiger partial charge is 0.337 e. The zero-order valence-corrected chi connectivity index (χ0v) is 12.9. The minimum absolute atomic E-state index is 0.101. The lowest BCUT2D eigenvalue weighted by molar-refractivity contribution is 0.0692. The fourth-order valence-corrected chi connectivity index (χ4v) is 3.71. The first-order valence-corrected chi connectivity index (χ1v) is 8.83. The summed E-state index contributed by atoms with van der Waals surface area (Å²) in [5.74, 6) is -0.0615. The minimum atomic E-state index is -3.92. The highest BCUT2D eigenvalue weighted by atomic mass is 32.2. The lowest BCUT2D eigenvalue weighted by Crippen LogP contribution is -2.27. The molecule has 0 saturated carbocycles. The van der Waals surface area contributed by atoms with E-state index in [0.717, 1.165) is 11.8 Å². The van der Waals surface area contributed by atoms with Gasteiger partial charge in [-0.25, -0.2) is 17.9 Å². The van der Waals surface area contributed by atoms with Crippen LogP contribution in [0.4, 0.5) is 5.69 Å². The fourth-order valence-electron chi connectivity index (χ4n) is 1.53. The number of sulfonamides is 1. The van der Waals surface area contributed by atoms with Gasteiger partial charge in [-0.05, 0) is 30.4 Å². The zero-order chi connectivity index (χ0) is 15.9. The van der Waals surface area contributed by atoms with Gasteiger partial charge >= 0.3 is 5.97 Å². The van der Waals surface area contributed by atoms with Gasteiger partial charge in [-0.3, -0.25) is 0 Å². The summed E-state index contributed by atoms with van der Waals surface area (Å²) in [7, 11) is -3.92. The molecule has 1 rings (SSSR count). The van der Waals surface area contributed by atoms with E-state index in [1.807, 2.05) is 0 Å². The van der Waals surface area contributed by atoms with E-state index in [2.05, 4.69) is 4.72 Å². The van der Waals surface area contributed by atoms with Gasteiger partial charge in [0.05, 0.1) is 10.5 Å². The number of aliphatic hydroxyl groups is 1. The highest BCUT2D eigenvalue weighted by Gasteiger charge is 2.22. The average Bonchev–Trinajstić information content (AvgIpc) is 2.42. The maximum Gasteiger partial charge on any atom is 0.337 e. The molecule has 0 aliphatic heterocycles. The largest absolute Gasteiger partial charge is 0.478 e. The molecule has 0 aromatic heterocycles. The molecule has 9 heteroatoms. The molecule has 1 aromatic rings. The number of nitrogens with two attached hydrogens (primary N) is 1. The third kappa shape index (κ3) is 5.54. The molecule has 0 aliphatic rings. The summed E-state index contributed by atoms with van der Waals surface area (Å²) in [5, 5.41) is 17.6. The number of nitrogens with one attached hydrogen (secondary N) is 1. The minimum Gasteiger partial charge on any atom is -0.478 e. The highest BCUT2D eigenvalue weighted by Crippen LogP contribution is 2.19. The Balaban J connectivity index is 2.74. The monoisotopic (exact) mass is 334 g/mol. The summed E-state index contributed by atoms with van der Waals surface area (Å²) in [6, 6.07) is 3.64. The van der Waals surface area contributed by atoms with Crippen molar-refractivity contribution in [2.24, 2.45) is 0 Å². The van der Waals surface area contributed by atoms with E-state index in [-0.39, 0.29) is 29.3 Å². The summed E-state index contributed by atoms with van der Waals surface area (Å²) in [4.78, 5) is 10.7. The van der Waals surface area contributed by atoms with Gasteiger partial charge in [0.1, 0.15) is 0 Å². The average molecular weight is 334 g/mol. The van der Waals surface area contributed by atoms with Gasteiger partial charge in [0.2, 0.25) is 10.0 Å². The Hall–Kier alpha value is -1.29. The predicted octanol–water partition coefficient (Wildman–Crippen LogP) is 0.361. The van der Waals surface area contributed by atoms with Crippen LogP contribution in [0.2, 0.25) is 0 Å². The Kier molecular flexibility index (Phi) is 6.96. The number of aromatic carboxylic acids is 1. The SMILES string of the molecule is Nc1ccc(C(=O)O)c(S(=O)(=O)NCCSCCCO)c1. The first kappa shape index (κ1) is 17.8. The Morgan fingerprint density at radius 2 is 2.05 bits per heavy atom. The normalized spacial score (nSPS) is 11.5. The maximum atomic E-state index is 12.1. The molecule has 0 atom stereocenters. The van der Waals surface area contributed by atoms with Gasteiger partial charge < -0.3 is 15.9 Å². The van der Waals surface area contributed by atoms with Crippen LogP contribution in [-0.2, 0) is 10.0 Å². The molecule has 0 amide bonds. The van der Waals surface area contributed by atoms with Crippen molar-refractivity contribution < 1.29 is 23.4 Å². The number of aliphatic hydroxyl groups excluding tert-OH is 1. The lowest BCUT2D eigenvalue weighted by atomic mass is 10.2. The van der Waals surface area contributed by atoms with Crippen molar-refractivity contribution in [3.8, 4) is 0 Å². The Bertz CT molecular complexity index is 589. The number of nitrogen functional groups attached to an aromatic ring is 1. The third-order valence-electron chi connectivity index (χ3n) is 2.51. The van der Waals surface area contributed by atoms with Crippen molar-refractivity contribution in [1.82, 2.24) is 4.72 Å². The number of thioether (sulfide) groups is 1. The van der Waals surface area contributed by atoms with E-state index in [0.29, 0.717) is 12.2 Å². The van der Waals surface area contributed by atoms with Gasteiger partial charge in [-0.15, -0.1) is 0 Å². The standard InChI is InChI=1S/C12H18N2O5S2/c13-9-2-3-10(12(16)17)11(8-9)21(18,19)14-4-7-20-6-1-5-15/h2-3,8,14-15H,1,4-7,13H2,(H,16,17). The van der Waals surface area contributed by atoms with E-state index in [4.69, 9.17) is 15.9 Å². The molecule has 0 radical (unpaired) electrons. The summed E-state index contributed by atoms with van der Waals surface area (Å²) in [6.45, 7) is 0.274. The van der Waals surface area contributed by atoms with Crippen LogP contribution >= 0.6 is 11.8 Å². The van der Waals surface area contributed by atoms with Crippen molar-refractivity contribution in [1.29, 1.82) is 0 Å². The van der Waals surface area contributed by atoms with Gasteiger partial charge in [-0.1, -0.05) is 0 Å². The van der Waals surface area contributed by atoms with E-state index in [9.17, 15) is 13.2 Å². The summed E-state index contributed by atoms with van der Waals surface area (Å²) >= 11 is 1.50. The number of carboxylic acids is 1. The molecule has 0 saturated heterocycles. The molecule has 0 fully saturated rings. The van der Waals surface area contributed by atoms with E-state index in [1.54, 1.807) is 0 Å². The molecular weight excluding hydrogens is 316 g/mol. The summed E-state index contributed by atoms with van der Waals surface area (Å²) in [6.07, 6.45) is 0.649. The molecule has 118 valence electrons. The van der Waals surface area contributed by atoms with E-state index in [1.165, 1.54) is 23.9 Å². The Morgan fingerprint density at radius 1 is 1.33 bits per heavy atom. The molecule has 0 bridgehead atoms. The molecule has 5 N–H and O–H groups in total. The van der Waals surface area contributed by atoms with Gasteiger partial charge in [0, 0.05) is 24.6 Å². The first-order valence-electron chi connectivity index (χ1n) is 6.19. The molecule has 0 unspecified atom stereocenters. The van der Waals surface area contributed by atoms with Crippen molar-refractivity contribution in [2.75, 3.05) is 30.4 Å². The van der Waals surface area contributed by atoms with Crippen LogP contribution in [0.1, 0.15) is 16.8 Å². The molecule has 0 heterocycles. The van der Waals surface area contributed by atoms with Crippen LogP contribution in [0.3, 0.4) is 0 Å². The third-order valence-corrected chi connectivity index (χ3v) is 5.08. The lowest BCUT2D eigenvalue weighted by Gasteiger charge is -2.10. The summed E-state index contributed by atoms with van der Waals surface area (Å²) < 4.78 is 26.6. The van der Waals surface area contributed by atoms with Crippen LogP contribution in [-0.4, -0.2) is 49.3 Å². The number of anilines is 1. The Labute approximate surface area is 127 Å². The van der Waals surface area contributed by atoms with Gasteiger partial charge in [0.25, 0.3) is 0 Å². The van der Waals surface area contributed by atoms with E-state index >= 15 is 0 Å². The number of hydrogen-bond acceptors (Lipinski definition) is 6. The predicted molar refractivity (Wildman–Crippen MR) is 82.0 cm³/mol. The number of rotatable bonds is 9. The quantitative estimate of drug-likeness (QED) is 0.379. The maximum absolute atomic E-state index is 12.1. The molecule has 0 spiro atoms. The van der Waals surface area contributed by atoms with Crippen LogP contribution < -0.4 is 10.5 Å². The number of benzene rings is 1. The molecule has 1 aromatic carbocycles. The fraction of sp³-hybridized carbons (Fsp3) is 0.417. The van der Waals surface area contributed by atoms with Crippen molar-refractivity contribution in [3.05, 3.63) is 23.8 Å². The second kappa shape index (κ2) is 8.23. The number of carboxylic acid groups (broad SMARTS) is 1. The zero-order valence-electron chi connectivity index (χ0n) is 11.3. The van der Waals surface area contributed by atoms with Crippen LogP contribution in [0.25, 0.3) is 0 Å².